The van der Waals surface area contributed by atoms with Gasteiger partial charge in [-0.15, -0.1) is 0 Å². The third-order valence-corrected chi connectivity index (χ3v) is 2.18. The Morgan fingerprint density at radius 3 is 2.83 bits per heavy atom. The van der Waals surface area contributed by atoms with Crippen molar-refractivity contribution in [1.82, 2.24) is 15.1 Å². The lowest BCUT2D eigenvalue weighted by Crippen LogP contribution is -2.40. The molecule has 1 rings (SSSR count). The number of carboxylic acid groups (broad SMARTS) is 1. The lowest BCUT2D eigenvalue weighted by molar-refractivity contribution is -0.141. The molecule has 98 valence electrons. The van der Waals surface area contributed by atoms with Crippen molar-refractivity contribution in [3.05, 3.63) is 24.0 Å². The first-order valence-corrected chi connectivity index (χ1v) is 5.34. The number of aliphatic carboxylic acids is 1. The summed E-state index contributed by atoms with van der Waals surface area (Å²) >= 11 is 0. The zero-order valence-electron chi connectivity index (χ0n) is 9.91. The van der Waals surface area contributed by atoms with Gasteiger partial charge in [-0.25, -0.2) is 4.79 Å². The maximum absolute atomic E-state index is 11.4. The van der Waals surface area contributed by atoms with Gasteiger partial charge in [0, 0.05) is 37.9 Å². The monoisotopic (exact) mass is 253 g/mol. The number of hydrogen-bond acceptors (Lipinski definition) is 4. The van der Waals surface area contributed by atoms with E-state index in [1.165, 1.54) is 12.2 Å². The third kappa shape index (κ3) is 4.38. The molecule has 0 aliphatic carbocycles. The molecule has 0 aromatic carbocycles. The molecule has 1 aromatic rings. The van der Waals surface area contributed by atoms with E-state index >= 15 is 0 Å². The van der Waals surface area contributed by atoms with E-state index in [-0.39, 0.29) is 13.0 Å². The first kappa shape index (κ1) is 13.9. The van der Waals surface area contributed by atoms with Crippen molar-refractivity contribution in [2.45, 2.75) is 12.5 Å². The van der Waals surface area contributed by atoms with Gasteiger partial charge in [-0.1, -0.05) is 0 Å². The summed E-state index contributed by atoms with van der Waals surface area (Å²) in [5.41, 5.74) is 0.738. The van der Waals surface area contributed by atoms with E-state index in [2.05, 4.69) is 10.4 Å². The minimum Gasteiger partial charge on any atom is -0.480 e. The summed E-state index contributed by atoms with van der Waals surface area (Å²) < 4.78 is 1.59. The number of aromatic nitrogens is 2. The Morgan fingerprint density at radius 2 is 2.33 bits per heavy atom. The lowest BCUT2D eigenvalue weighted by atomic mass is 10.2. The standard InChI is InChI=1S/C11H15N3O4/c1-14-7-8(6-12-14)2-3-10(16)13-9(4-5-15)11(17)18/h2-3,6-7,9,15H,4-5H2,1H3,(H,13,16)(H,17,18). The number of amides is 1. The summed E-state index contributed by atoms with van der Waals surface area (Å²) in [5, 5.41) is 23.6. The van der Waals surface area contributed by atoms with Crippen LogP contribution in [0.1, 0.15) is 12.0 Å². The molecule has 18 heavy (non-hydrogen) atoms. The SMILES string of the molecule is Cn1cc(C=CC(=O)NC(CCO)C(=O)O)cn1. The normalized spacial score (nSPS) is 12.6. The molecule has 0 saturated heterocycles. The van der Waals surface area contributed by atoms with Crippen molar-refractivity contribution in [3.63, 3.8) is 0 Å². The van der Waals surface area contributed by atoms with Gasteiger partial charge in [0.05, 0.1) is 6.20 Å². The number of nitrogens with zero attached hydrogens (tertiary/aromatic N) is 2. The van der Waals surface area contributed by atoms with Crippen LogP contribution >= 0.6 is 0 Å². The van der Waals surface area contributed by atoms with Gasteiger partial charge in [0.2, 0.25) is 5.91 Å². The zero-order chi connectivity index (χ0) is 13.5. The van der Waals surface area contributed by atoms with E-state index in [4.69, 9.17) is 10.2 Å². The molecule has 0 spiro atoms. The summed E-state index contributed by atoms with van der Waals surface area (Å²) in [6, 6.07) is -1.08. The number of aliphatic hydroxyl groups is 1. The van der Waals surface area contributed by atoms with Crippen LogP contribution in [0.2, 0.25) is 0 Å². The molecule has 1 atom stereocenters. The topological polar surface area (TPSA) is 104 Å². The number of aliphatic hydroxyl groups excluding tert-OH is 1. The summed E-state index contributed by atoms with van der Waals surface area (Å²) in [7, 11) is 1.75. The fraction of sp³-hybridized carbons (Fsp3) is 0.364. The molecule has 0 fully saturated rings. The molecule has 7 nitrogen and oxygen atoms in total. The molecular formula is C11H15N3O4. The molecule has 7 heteroatoms. The minimum absolute atomic E-state index is 0.0260. The van der Waals surface area contributed by atoms with Gasteiger partial charge in [-0.2, -0.15) is 5.10 Å². The quantitative estimate of drug-likeness (QED) is 0.586. The first-order chi connectivity index (χ1) is 8.52. The fourth-order valence-electron chi connectivity index (χ4n) is 1.30. The summed E-state index contributed by atoms with van der Waals surface area (Å²) in [4.78, 5) is 22.2. The molecule has 0 aliphatic heterocycles. The molecule has 0 aliphatic rings. The van der Waals surface area contributed by atoms with Crippen molar-refractivity contribution >= 4 is 18.0 Å². The Kier molecular flexibility index (Phi) is 5.06. The van der Waals surface area contributed by atoms with Gasteiger partial charge in [0.25, 0.3) is 0 Å². The van der Waals surface area contributed by atoms with E-state index in [0.29, 0.717) is 0 Å². The molecule has 1 heterocycles. The zero-order valence-corrected chi connectivity index (χ0v) is 9.91. The molecule has 0 bridgehead atoms. The highest BCUT2D eigenvalue weighted by Gasteiger charge is 2.17. The van der Waals surface area contributed by atoms with Crippen LogP contribution in [0.4, 0.5) is 0 Å². The number of nitrogens with one attached hydrogen (secondary N) is 1. The highest BCUT2D eigenvalue weighted by atomic mass is 16.4. The van der Waals surface area contributed by atoms with Crippen LogP contribution in [0.25, 0.3) is 6.08 Å². The Morgan fingerprint density at radius 1 is 1.61 bits per heavy atom. The molecule has 0 radical (unpaired) electrons. The fourth-order valence-corrected chi connectivity index (χ4v) is 1.30. The average molecular weight is 253 g/mol. The van der Waals surface area contributed by atoms with Crippen molar-refractivity contribution < 1.29 is 19.8 Å². The molecule has 1 unspecified atom stereocenters. The largest absolute Gasteiger partial charge is 0.480 e. The van der Waals surface area contributed by atoms with Crippen molar-refractivity contribution in [2.24, 2.45) is 7.05 Å². The first-order valence-electron chi connectivity index (χ1n) is 5.34. The smallest absolute Gasteiger partial charge is 0.326 e. The van der Waals surface area contributed by atoms with Crippen LogP contribution in [0.3, 0.4) is 0 Å². The predicted octanol–water partition coefficient (Wildman–Crippen LogP) is -0.615. The maximum Gasteiger partial charge on any atom is 0.326 e. The van der Waals surface area contributed by atoms with Crippen LogP contribution in [0.5, 0.6) is 0 Å². The van der Waals surface area contributed by atoms with Crippen LogP contribution in [0.15, 0.2) is 18.5 Å². The van der Waals surface area contributed by atoms with E-state index < -0.39 is 17.9 Å². The second-order valence-corrected chi connectivity index (χ2v) is 3.69. The van der Waals surface area contributed by atoms with Gasteiger partial charge in [-0.05, 0) is 6.08 Å². The predicted molar refractivity (Wildman–Crippen MR) is 63.5 cm³/mol. The average Bonchev–Trinajstić information content (AvgIpc) is 2.72. The van der Waals surface area contributed by atoms with E-state index in [9.17, 15) is 9.59 Å². The van der Waals surface area contributed by atoms with Crippen molar-refractivity contribution in [1.29, 1.82) is 0 Å². The second-order valence-electron chi connectivity index (χ2n) is 3.69. The number of carbonyl (C=O) groups excluding carboxylic acids is 1. The second kappa shape index (κ2) is 6.55. The summed E-state index contributed by atoms with van der Waals surface area (Å²) in [5.74, 6) is -1.70. The van der Waals surface area contributed by atoms with Gasteiger partial charge in [-0.3, -0.25) is 9.48 Å². The molecule has 0 saturated carbocycles. The van der Waals surface area contributed by atoms with Crippen molar-refractivity contribution in [2.75, 3.05) is 6.61 Å². The van der Waals surface area contributed by atoms with E-state index in [0.717, 1.165) is 5.56 Å². The van der Waals surface area contributed by atoms with Gasteiger partial charge in [0.1, 0.15) is 6.04 Å². The van der Waals surface area contributed by atoms with Crippen LogP contribution in [-0.4, -0.2) is 44.5 Å². The Hall–Kier alpha value is -2.15. The Balaban J connectivity index is 2.54. The van der Waals surface area contributed by atoms with Crippen LogP contribution < -0.4 is 5.32 Å². The van der Waals surface area contributed by atoms with E-state index in [1.54, 1.807) is 24.1 Å². The Labute approximate surface area is 104 Å². The van der Waals surface area contributed by atoms with Crippen LogP contribution in [0, 0.1) is 0 Å². The number of hydrogen-bond donors (Lipinski definition) is 3. The van der Waals surface area contributed by atoms with Gasteiger partial charge in [0.15, 0.2) is 0 Å². The molecular weight excluding hydrogens is 238 g/mol. The third-order valence-electron chi connectivity index (χ3n) is 2.18. The number of carboxylic acids is 1. The lowest BCUT2D eigenvalue weighted by Gasteiger charge is -2.10. The van der Waals surface area contributed by atoms with Crippen molar-refractivity contribution in [3.8, 4) is 0 Å². The molecule has 3 N–H and O–H groups in total. The number of aryl methyl sites for hydroxylation is 1. The number of rotatable bonds is 6. The van der Waals surface area contributed by atoms with E-state index in [1.807, 2.05) is 0 Å². The molecule has 1 amide bonds. The highest BCUT2D eigenvalue weighted by molar-refractivity contribution is 5.94. The van der Waals surface area contributed by atoms with Gasteiger partial charge < -0.3 is 15.5 Å². The summed E-state index contributed by atoms with van der Waals surface area (Å²) in [6.45, 7) is -0.302. The van der Waals surface area contributed by atoms with Gasteiger partial charge >= 0.3 is 5.97 Å². The van der Waals surface area contributed by atoms with Crippen LogP contribution in [-0.2, 0) is 16.6 Å². The maximum atomic E-state index is 11.4. The Bertz CT molecular complexity index is 453. The summed E-state index contributed by atoms with van der Waals surface area (Å²) in [6.07, 6.45) is 6.02. The molecule has 1 aromatic heterocycles. The minimum atomic E-state index is -1.17. The highest BCUT2D eigenvalue weighted by Crippen LogP contribution is 1.99. The number of carbonyl (C=O) groups is 2.